The standard InChI is InChI=1S/C25H20F3N3O3/c1-31-20-9-5-4-7-18(20)17-6-2-3-8-19(17)22(25(31)34)30-24(33)21(28)23(32)29-13-14-10-15(26)12-16(27)11-14/h2-12,21-22H,13H2,1H3,(H,29,32)(H,30,33). The lowest BCUT2D eigenvalue weighted by Gasteiger charge is -2.23. The van der Waals surface area contributed by atoms with Crippen molar-refractivity contribution in [3.05, 3.63) is 89.5 Å². The quantitative estimate of drug-likeness (QED) is 0.565. The second kappa shape index (κ2) is 9.38. The molecular weight excluding hydrogens is 447 g/mol. The van der Waals surface area contributed by atoms with Gasteiger partial charge < -0.3 is 15.5 Å². The van der Waals surface area contributed by atoms with E-state index in [2.05, 4.69) is 10.6 Å². The van der Waals surface area contributed by atoms with Crippen LogP contribution in [0.2, 0.25) is 0 Å². The summed E-state index contributed by atoms with van der Waals surface area (Å²) < 4.78 is 41.3. The van der Waals surface area contributed by atoms with Crippen molar-refractivity contribution in [3.63, 3.8) is 0 Å². The fraction of sp³-hybridized carbons (Fsp3) is 0.160. The Balaban J connectivity index is 1.52. The Hall–Kier alpha value is -4.14. The van der Waals surface area contributed by atoms with E-state index in [9.17, 15) is 27.6 Å². The zero-order valence-corrected chi connectivity index (χ0v) is 18.0. The lowest BCUT2D eigenvalue weighted by molar-refractivity contribution is -0.138. The van der Waals surface area contributed by atoms with E-state index in [0.717, 1.165) is 17.7 Å². The highest BCUT2D eigenvalue weighted by molar-refractivity contribution is 6.08. The maximum Gasteiger partial charge on any atom is 0.265 e. The van der Waals surface area contributed by atoms with E-state index in [1.165, 1.54) is 4.90 Å². The maximum absolute atomic E-state index is 14.7. The van der Waals surface area contributed by atoms with Crippen molar-refractivity contribution in [3.8, 4) is 11.1 Å². The molecule has 0 saturated carbocycles. The van der Waals surface area contributed by atoms with Gasteiger partial charge in [-0.3, -0.25) is 14.4 Å². The molecule has 0 aromatic heterocycles. The van der Waals surface area contributed by atoms with Crippen LogP contribution in [0, 0.1) is 11.6 Å². The van der Waals surface area contributed by atoms with Gasteiger partial charge in [0.25, 0.3) is 23.9 Å². The van der Waals surface area contributed by atoms with Crippen molar-refractivity contribution in [2.45, 2.75) is 18.8 Å². The van der Waals surface area contributed by atoms with E-state index in [1.54, 1.807) is 43.4 Å². The Labute approximate surface area is 193 Å². The van der Waals surface area contributed by atoms with Crippen molar-refractivity contribution < 1.29 is 27.6 Å². The van der Waals surface area contributed by atoms with Crippen LogP contribution < -0.4 is 15.5 Å². The Kier molecular flexibility index (Phi) is 6.36. The lowest BCUT2D eigenvalue weighted by Crippen LogP contribution is -2.47. The molecular formula is C25H20F3N3O3. The van der Waals surface area contributed by atoms with Crippen LogP contribution in [-0.2, 0) is 20.9 Å². The van der Waals surface area contributed by atoms with Gasteiger partial charge in [-0.05, 0) is 34.9 Å². The van der Waals surface area contributed by atoms with Gasteiger partial charge in [0.05, 0.1) is 5.69 Å². The van der Waals surface area contributed by atoms with Gasteiger partial charge in [-0.1, -0.05) is 42.5 Å². The molecule has 3 aromatic rings. The van der Waals surface area contributed by atoms with Crippen LogP contribution in [0.25, 0.3) is 11.1 Å². The van der Waals surface area contributed by atoms with Crippen molar-refractivity contribution in [1.82, 2.24) is 10.6 Å². The first-order valence-corrected chi connectivity index (χ1v) is 10.4. The average molecular weight is 467 g/mol. The molecule has 174 valence electrons. The third kappa shape index (κ3) is 4.50. The second-order valence-corrected chi connectivity index (χ2v) is 7.80. The molecule has 0 fully saturated rings. The van der Waals surface area contributed by atoms with Crippen LogP contribution >= 0.6 is 0 Å². The molecule has 3 aromatic carbocycles. The third-order valence-corrected chi connectivity index (χ3v) is 5.54. The molecule has 4 rings (SSSR count). The topological polar surface area (TPSA) is 78.5 Å². The number of benzene rings is 3. The molecule has 1 heterocycles. The molecule has 0 bridgehead atoms. The van der Waals surface area contributed by atoms with Gasteiger partial charge in [0.15, 0.2) is 0 Å². The number of alkyl halides is 1. The van der Waals surface area contributed by atoms with E-state index in [1.807, 2.05) is 12.1 Å². The summed E-state index contributed by atoms with van der Waals surface area (Å²) in [6.45, 7) is -0.384. The molecule has 34 heavy (non-hydrogen) atoms. The summed E-state index contributed by atoms with van der Waals surface area (Å²) in [5, 5.41) is 4.47. The summed E-state index contributed by atoms with van der Waals surface area (Å²) >= 11 is 0. The number of nitrogens with one attached hydrogen (secondary N) is 2. The smallest absolute Gasteiger partial charge is 0.265 e. The molecule has 0 radical (unpaired) electrons. The predicted octanol–water partition coefficient (Wildman–Crippen LogP) is 3.42. The molecule has 0 saturated heterocycles. The molecule has 1 aliphatic rings. The first-order valence-electron chi connectivity index (χ1n) is 10.4. The number of likely N-dealkylation sites (N-methyl/N-ethyl adjacent to an activating group) is 1. The summed E-state index contributed by atoms with van der Waals surface area (Å²) in [6.07, 6.45) is -2.64. The van der Waals surface area contributed by atoms with Crippen LogP contribution in [0.3, 0.4) is 0 Å². The molecule has 6 nitrogen and oxygen atoms in total. The summed E-state index contributed by atoms with van der Waals surface area (Å²) in [4.78, 5) is 39.3. The Morgan fingerprint density at radius 3 is 2.26 bits per heavy atom. The van der Waals surface area contributed by atoms with Crippen molar-refractivity contribution in [2.75, 3.05) is 11.9 Å². The first-order chi connectivity index (χ1) is 16.3. The van der Waals surface area contributed by atoms with Gasteiger partial charge in [-0.25, -0.2) is 13.2 Å². The number of hydrogen-bond donors (Lipinski definition) is 2. The van der Waals surface area contributed by atoms with Crippen LogP contribution in [-0.4, -0.2) is 30.9 Å². The second-order valence-electron chi connectivity index (χ2n) is 7.80. The van der Waals surface area contributed by atoms with Gasteiger partial charge in [0, 0.05) is 25.2 Å². The fourth-order valence-electron chi connectivity index (χ4n) is 3.90. The Morgan fingerprint density at radius 2 is 1.56 bits per heavy atom. The molecule has 2 unspecified atom stereocenters. The average Bonchev–Trinajstić information content (AvgIpc) is 2.91. The highest BCUT2D eigenvalue weighted by Gasteiger charge is 2.36. The van der Waals surface area contributed by atoms with Crippen LogP contribution in [0.15, 0.2) is 66.7 Å². The molecule has 0 spiro atoms. The van der Waals surface area contributed by atoms with Gasteiger partial charge in [-0.15, -0.1) is 0 Å². The van der Waals surface area contributed by atoms with Crippen molar-refractivity contribution in [1.29, 1.82) is 0 Å². The van der Waals surface area contributed by atoms with E-state index < -0.39 is 41.6 Å². The van der Waals surface area contributed by atoms with Crippen molar-refractivity contribution >= 4 is 23.4 Å². The van der Waals surface area contributed by atoms with Crippen LogP contribution in [0.4, 0.5) is 18.9 Å². The van der Waals surface area contributed by atoms with E-state index in [0.29, 0.717) is 22.9 Å². The number of carbonyl (C=O) groups is 3. The number of anilines is 1. The number of nitrogens with zero attached hydrogens (tertiary/aromatic N) is 1. The number of halogens is 3. The molecule has 2 atom stereocenters. The maximum atomic E-state index is 14.7. The Morgan fingerprint density at radius 1 is 0.941 bits per heavy atom. The first kappa shape index (κ1) is 23.0. The molecule has 2 N–H and O–H groups in total. The summed E-state index contributed by atoms with van der Waals surface area (Å²) in [5.41, 5.74) is 2.59. The highest BCUT2D eigenvalue weighted by atomic mass is 19.1. The highest BCUT2D eigenvalue weighted by Crippen LogP contribution is 2.39. The largest absolute Gasteiger partial charge is 0.349 e. The van der Waals surface area contributed by atoms with Gasteiger partial charge >= 0.3 is 0 Å². The van der Waals surface area contributed by atoms with E-state index >= 15 is 0 Å². The van der Waals surface area contributed by atoms with Gasteiger partial charge in [0.1, 0.15) is 17.7 Å². The predicted molar refractivity (Wildman–Crippen MR) is 119 cm³/mol. The number of fused-ring (bicyclic) bond motifs is 3. The molecule has 1 aliphatic heterocycles. The number of carbonyl (C=O) groups excluding carboxylic acids is 3. The minimum atomic E-state index is -2.64. The number of rotatable bonds is 5. The summed E-state index contributed by atoms with van der Waals surface area (Å²) in [7, 11) is 1.55. The number of para-hydroxylation sites is 1. The zero-order chi connectivity index (χ0) is 24.4. The zero-order valence-electron chi connectivity index (χ0n) is 18.0. The minimum Gasteiger partial charge on any atom is -0.349 e. The van der Waals surface area contributed by atoms with Crippen LogP contribution in [0.1, 0.15) is 17.2 Å². The monoisotopic (exact) mass is 467 g/mol. The lowest BCUT2D eigenvalue weighted by atomic mass is 9.95. The third-order valence-electron chi connectivity index (χ3n) is 5.54. The summed E-state index contributed by atoms with van der Waals surface area (Å²) in [6, 6.07) is 15.5. The van der Waals surface area contributed by atoms with E-state index in [4.69, 9.17) is 0 Å². The van der Waals surface area contributed by atoms with Crippen LogP contribution in [0.5, 0.6) is 0 Å². The molecule has 3 amide bonds. The minimum absolute atomic E-state index is 0.0609. The molecule has 0 aliphatic carbocycles. The SMILES string of the molecule is CN1C(=O)C(NC(=O)C(F)C(=O)NCc2cc(F)cc(F)c2)c2ccccc2-c2ccccc21. The Bertz CT molecular complexity index is 1260. The van der Waals surface area contributed by atoms with E-state index in [-0.39, 0.29) is 12.1 Å². The normalized spacial score (nSPS) is 15.6. The van der Waals surface area contributed by atoms with Gasteiger partial charge in [0.2, 0.25) is 0 Å². The number of hydrogen-bond acceptors (Lipinski definition) is 3. The summed E-state index contributed by atoms with van der Waals surface area (Å²) in [5.74, 6) is -4.82. The molecule has 9 heteroatoms. The van der Waals surface area contributed by atoms with Crippen molar-refractivity contribution in [2.24, 2.45) is 0 Å². The fourth-order valence-corrected chi connectivity index (χ4v) is 3.90. The number of amides is 3. The van der Waals surface area contributed by atoms with Gasteiger partial charge in [-0.2, -0.15) is 0 Å².